The van der Waals surface area contributed by atoms with Crippen molar-refractivity contribution in [2.45, 2.75) is 44.2 Å². The summed E-state index contributed by atoms with van der Waals surface area (Å²) >= 11 is 0. The predicted molar refractivity (Wildman–Crippen MR) is 82.2 cm³/mol. The van der Waals surface area contributed by atoms with E-state index in [1.807, 2.05) is 0 Å². The maximum Gasteiger partial charge on any atom is 0.328 e. The molecule has 0 aromatic heterocycles. The molecule has 2 unspecified atom stereocenters. The number of carbonyl (C=O) groups excluding carboxylic acids is 3. The Balaban J connectivity index is 0.00000242. The van der Waals surface area contributed by atoms with Gasteiger partial charge in [-0.05, 0) is 25.2 Å². The van der Waals surface area contributed by atoms with Crippen molar-refractivity contribution < 1.29 is 19.1 Å². The number of amides is 2. The quantitative estimate of drug-likeness (QED) is 0.555. The Bertz CT molecular complexity index is 428. The van der Waals surface area contributed by atoms with E-state index in [0.29, 0.717) is 25.3 Å². The Morgan fingerprint density at radius 3 is 2.55 bits per heavy atom. The largest absolute Gasteiger partial charge is 0.467 e. The van der Waals surface area contributed by atoms with E-state index in [9.17, 15) is 14.4 Å². The van der Waals surface area contributed by atoms with Crippen LogP contribution in [0.5, 0.6) is 0 Å². The van der Waals surface area contributed by atoms with Crippen LogP contribution in [-0.2, 0) is 19.1 Å². The van der Waals surface area contributed by atoms with Crippen molar-refractivity contribution in [3.8, 4) is 0 Å². The minimum absolute atomic E-state index is 0. The van der Waals surface area contributed by atoms with Gasteiger partial charge in [0.25, 0.3) is 0 Å². The fourth-order valence-electron chi connectivity index (χ4n) is 2.61. The van der Waals surface area contributed by atoms with E-state index in [0.717, 1.165) is 12.8 Å². The molecule has 8 heteroatoms. The highest BCUT2D eigenvalue weighted by Crippen LogP contribution is 2.33. The normalized spacial score (nSPS) is 23.0. The Labute approximate surface area is 136 Å². The zero-order valence-corrected chi connectivity index (χ0v) is 13.5. The molecule has 1 saturated carbocycles. The van der Waals surface area contributed by atoms with Gasteiger partial charge in [-0.15, -0.1) is 12.4 Å². The van der Waals surface area contributed by atoms with Crippen LogP contribution in [-0.4, -0.2) is 43.5 Å². The van der Waals surface area contributed by atoms with Crippen LogP contribution in [0.25, 0.3) is 0 Å². The molecule has 2 rings (SSSR count). The lowest BCUT2D eigenvalue weighted by molar-refractivity contribution is -0.146. The van der Waals surface area contributed by atoms with Gasteiger partial charge in [-0.3, -0.25) is 9.59 Å². The van der Waals surface area contributed by atoms with Crippen LogP contribution in [0.15, 0.2) is 0 Å². The molecule has 0 aromatic carbocycles. The average molecular weight is 334 g/mol. The van der Waals surface area contributed by atoms with Gasteiger partial charge in [0.2, 0.25) is 11.8 Å². The number of hydrogen-bond acceptors (Lipinski definition) is 5. The van der Waals surface area contributed by atoms with Crippen LogP contribution in [0, 0.1) is 11.8 Å². The fourth-order valence-corrected chi connectivity index (χ4v) is 2.61. The monoisotopic (exact) mass is 333 g/mol. The molecule has 4 N–H and O–H groups in total. The number of nitrogens with two attached hydrogens (primary N) is 1. The molecule has 1 heterocycles. The third-order valence-electron chi connectivity index (χ3n) is 4.11. The topological polar surface area (TPSA) is 111 Å². The van der Waals surface area contributed by atoms with E-state index in [1.165, 1.54) is 7.11 Å². The zero-order chi connectivity index (χ0) is 15.4. The van der Waals surface area contributed by atoms with Crippen LogP contribution in [0.3, 0.4) is 0 Å². The highest BCUT2D eigenvalue weighted by Gasteiger charge is 2.33. The number of rotatable bonds is 7. The summed E-state index contributed by atoms with van der Waals surface area (Å²) in [5.74, 6) is -0.713. The fraction of sp³-hybridized carbons (Fsp3) is 0.786. The lowest BCUT2D eigenvalue weighted by Gasteiger charge is -2.21. The number of nitrogens with one attached hydrogen (secondary N) is 2. The molecule has 1 aliphatic heterocycles. The standard InChI is InChI=1S/C14H23N3O4.ClH/c1-21-14(20)11(7-9-4-5-16-12(9)18)17-13(19)10(15)6-8-2-3-8;/h8-11H,2-7,15H2,1H3,(H,16,18)(H,17,19);1H/t9-,10?,11?;/m0./s1. The molecule has 1 saturated heterocycles. The summed E-state index contributed by atoms with van der Waals surface area (Å²) in [7, 11) is 1.26. The van der Waals surface area contributed by atoms with Crippen molar-refractivity contribution in [3.63, 3.8) is 0 Å². The number of ether oxygens (including phenoxy) is 1. The molecule has 1 aliphatic carbocycles. The third-order valence-corrected chi connectivity index (χ3v) is 4.11. The Morgan fingerprint density at radius 1 is 1.36 bits per heavy atom. The first-order chi connectivity index (χ1) is 10.0. The molecule has 2 fully saturated rings. The molecule has 126 valence electrons. The highest BCUT2D eigenvalue weighted by molar-refractivity contribution is 5.88. The van der Waals surface area contributed by atoms with Gasteiger partial charge in [-0.1, -0.05) is 12.8 Å². The van der Waals surface area contributed by atoms with Crippen molar-refractivity contribution in [2.75, 3.05) is 13.7 Å². The zero-order valence-electron chi connectivity index (χ0n) is 12.7. The first-order valence-corrected chi connectivity index (χ1v) is 7.42. The molecule has 2 aliphatic rings. The molecule has 0 bridgehead atoms. The molecule has 0 aromatic rings. The van der Waals surface area contributed by atoms with Crippen molar-refractivity contribution in [3.05, 3.63) is 0 Å². The van der Waals surface area contributed by atoms with Gasteiger partial charge >= 0.3 is 5.97 Å². The van der Waals surface area contributed by atoms with E-state index in [4.69, 9.17) is 10.5 Å². The molecular weight excluding hydrogens is 310 g/mol. The minimum atomic E-state index is -0.818. The Morgan fingerprint density at radius 2 is 2.05 bits per heavy atom. The molecule has 0 radical (unpaired) electrons. The molecule has 2 amide bonds. The lowest BCUT2D eigenvalue weighted by Crippen LogP contribution is -2.49. The second-order valence-corrected chi connectivity index (χ2v) is 5.88. The average Bonchev–Trinajstić information content (AvgIpc) is 3.19. The summed E-state index contributed by atoms with van der Waals surface area (Å²) in [5, 5.41) is 5.34. The highest BCUT2D eigenvalue weighted by atomic mass is 35.5. The number of hydrogen-bond donors (Lipinski definition) is 3. The summed E-state index contributed by atoms with van der Waals surface area (Å²) < 4.78 is 4.71. The second kappa shape index (κ2) is 8.33. The maximum atomic E-state index is 12.0. The van der Waals surface area contributed by atoms with E-state index < -0.39 is 18.1 Å². The van der Waals surface area contributed by atoms with Gasteiger partial charge in [-0.2, -0.15) is 0 Å². The number of methoxy groups -OCH3 is 1. The predicted octanol–water partition coefficient (Wildman–Crippen LogP) is -0.280. The number of halogens is 1. The van der Waals surface area contributed by atoms with Crippen LogP contribution < -0.4 is 16.4 Å². The van der Waals surface area contributed by atoms with E-state index >= 15 is 0 Å². The van der Waals surface area contributed by atoms with Gasteiger partial charge in [0.1, 0.15) is 6.04 Å². The van der Waals surface area contributed by atoms with Crippen LogP contribution >= 0.6 is 12.4 Å². The van der Waals surface area contributed by atoms with Crippen molar-refractivity contribution in [1.82, 2.24) is 10.6 Å². The lowest BCUT2D eigenvalue weighted by atomic mass is 9.98. The SMILES string of the molecule is COC(=O)C(C[C@@H]1CCNC1=O)NC(=O)C(N)CC1CC1.Cl. The van der Waals surface area contributed by atoms with Gasteiger partial charge in [0.05, 0.1) is 13.2 Å². The Hall–Kier alpha value is -1.34. The molecule has 7 nitrogen and oxygen atoms in total. The smallest absolute Gasteiger partial charge is 0.328 e. The number of carbonyl (C=O) groups is 3. The van der Waals surface area contributed by atoms with Crippen molar-refractivity contribution in [1.29, 1.82) is 0 Å². The molecule has 3 atom stereocenters. The summed E-state index contributed by atoms with van der Waals surface area (Å²) in [4.78, 5) is 35.4. The Kier molecular flexibility index (Phi) is 7.09. The molecular formula is C14H24ClN3O4. The number of esters is 1. The maximum absolute atomic E-state index is 12.0. The van der Waals surface area contributed by atoms with Gasteiger partial charge < -0.3 is 21.1 Å². The summed E-state index contributed by atoms with van der Waals surface area (Å²) in [6.07, 6.45) is 3.79. The van der Waals surface area contributed by atoms with Crippen molar-refractivity contribution >= 4 is 30.2 Å². The van der Waals surface area contributed by atoms with Gasteiger partial charge in [0, 0.05) is 12.5 Å². The molecule has 22 heavy (non-hydrogen) atoms. The van der Waals surface area contributed by atoms with E-state index in [2.05, 4.69) is 10.6 Å². The van der Waals surface area contributed by atoms with Crippen LogP contribution in [0.1, 0.15) is 32.1 Å². The van der Waals surface area contributed by atoms with Crippen LogP contribution in [0.2, 0.25) is 0 Å². The third kappa shape index (κ3) is 5.14. The van der Waals surface area contributed by atoms with Crippen LogP contribution in [0.4, 0.5) is 0 Å². The summed E-state index contributed by atoms with van der Waals surface area (Å²) in [6.45, 7) is 0.604. The molecule has 0 spiro atoms. The first kappa shape index (κ1) is 18.7. The second-order valence-electron chi connectivity index (χ2n) is 5.88. The first-order valence-electron chi connectivity index (χ1n) is 7.42. The summed E-state index contributed by atoms with van der Waals surface area (Å²) in [6, 6.07) is -1.43. The minimum Gasteiger partial charge on any atom is -0.467 e. The summed E-state index contributed by atoms with van der Waals surface area (Å²) in [5.41, 5.74) is 5.84. The van der Waals surface area contributed by atoms with Crippen molar-refractivity contribution in [2.24, 2.45) is 17.6 Å². The van der Waals surface area contributed by atoms with Gasteiger partial charge in [-0.25, -0.2) is 4.79 Å². The van der Waals surface area contributed by atoms with E-state index in [-0.39, 0.29) is 36.6 Å². The van der Waals surface area contributed by atoms with E-state index in [1.54, 1.807) is 0 Å². The van der Waals surface area contributed by atoms with Gasteiger partial charge in [0.15, 0.2) is 0 Å².